The van der Waals surface area contributed by atoms with E-state index < -0.39 is 0 Å². The zero-order valence-corrected chi connectivity index (χ0v) is 30.2. The molecule has 4 heterocycles. The molecule has 0 spiro atoms. The lowest BCUT2D eigenvalue weighted by atomic mass is 10.1. The van der Waals surface area contributed by atoms with Crippen LogP contribution >= 0.6 is 0 Å². The van der Waals surface area contributed by atoms with Crippen LogP contribution in [0.1, 0.15) is 0 Å². The molecule has 262 valence electrons. The number of nitrogens with zero attached hydrogens (tertiary/aromatic N) is 4. The van der Waals surface area contributed by atoms with Gasteiger partial charge in [0.2, 0.25) is 0 Å². The molecule has 4 aromatic heterocycles. The second-order valence-corrected chi connectivity index (χ2v) is 14.5. The lowest BCUT2D eigenvalue weighted by Gasteiger charge is -2.18. The summed E-state index contributed by atoms with van der Waals surface area (Å²) in [6.45, 7) is 0. The van der Waals surface area contributed by atoms with Crippen LogP contribution in [0, 0.1) is 0 Å². The Hall–Kier alpha value is -7.63. The van der Waals surface area contributed by atoms with Crippen molar-refractivity contribution in [2.45, 2.75) is 0 Å². The van der Waals surface area contributed by atoms with Gasteiger partial charge in [0.1, 0.15) is 0 Å². The van der Waals surface area contributed by atoms with Crippen LogP contribution in [0.2, 0.25) is 0 Å². The van der Waals surface area contributed by atoms with E-state index in [1.54, 1.807) is 0 Å². The smallest absolute Gasteiger partial charge is 0.263 e. The van der Waals surface area contributed by atoms with E-state index in [1.165, 1.54) is 21.5 Å². The summed E-state index contributed by atoms with van der Waals surface area (Å²) in [6, 6.07) is 68.2. The molecule has 5 nitrogen and oxygen atoms in total. The molecule has 0 saturated heterocycles. The van der Waals surface area contributed by atoms with Crippen molar-refractivity contribution in [2.75, 3.05) is 0 Å². The van der Waals surface area contributed by atoms with E-state index in [0.717, 1.165) is 72.1 Å². The van der Waals surface area contributed by atoms with Crippen LogP contribution in [-0.2, 0) is 0 Å². The summed E-state index contributed by atoms with van der Waals surface area (Å²) in [4.78, 5) is 14.6. The molecule has 0 radical (unpaired) electrons. The van der Waals surface area contributed by atoms with E-state index in [-0.39, 0.29) is 5.56 Å². The lowest BCUT2D eigenvalue weighted by Crippen LogP contribution is -2.19. The first kappa shape index (κ1) is 30.8. The van der Waals surface area contributed by atoms with Crippen LogP contribution in [0.4, 0.5) is 0 Å². The van der Waals surface area contributed by atoms with Crippen LogP contribution in [0.5, 0.6) is 0 Å². The number of fused-ring (bicyclic) bond motifs is 11. The minimum Gasteiger partial charge on any atom is -0.309 e. The molecule has 0 unspecified atom stereocenters. The van der Waals surface area contributed by atoms with E-state index in [9.17, 15) is 4.79 Å². The second kappa shape index (κ2) is 11.7. The monoisotopic (exact) mass is 716 g/mol. The molecule has 0 atom stereocenters. The van der Waals surface area contributed by atoms with E-state index >= 15 is 0 Å². The largest absolute Gasteiger partial charge is 0.309 e. The maximum absolute atomic E-state index is 14.6. The Morgan fingerprint density at radius 1 is 0.250 bits per heavy atom. The van der Waals surface area contributed by atoms with Crippen LogP contribution < -0.4 is 5.56 Å². The number of pyridine rings is 1. The maximum Gasteiger partial charge on any atom is 0.263 e. The van der Waals surface area contributed by atoms with Gasteiger partial charge in [0.25, 0.3) is 5.56 Å². The number of hydrogen-bond acceptors (Lipinski definition) is 1. The SMILES string of the molecule is O=c1c2ccccc2c2c(c3ccccc3n2-c2cc(-n3c4ccccc4c4ccccc43)cc(-n3c4ccccc4c4ccccc43)c2)n1-c1ccccc1. The second-order valence-electron chi connectivity index (χ2n) is 14.5. The quantitative estimate of drug-likeness (QED) is 0.179. The van der Waals surface area contributed by atoms with E-state index in [2.05, 4.69) is 159 Å². The molecule has 0 saturated carbocycles. The van der Waals surface area contributed by atoms with Crippen molar-refractivity contribution in [3.05, 3.63) is 204 Å². The standard InChI is InChI=1S/C51H32N4O/c56-51-42-23-5-4-22-41(42)49-50(55(51)33-16-2-1-3-17-33)43-24-10-15-29-48(43)54(49)36-31-34(52-44-25-11-6-18-37(44)38-19-7-12-26-45(38)52)30-35(32-36)53-46-27-13-8-20-39(46)40-21-9-14-28-47(40)53/h1-32H. The van der Waals surface area contributed by atoms with E-state index in [4.69, 9.17) is 0 Å². The molecule has 0 bridgehead atoms. The van der Waals surface area contributed by atoms with Crippen LogP contribution in [0.25, 0.3) is 99.1 Å². The normalized spacial score (nSPS) is 12.0. The summed E-state index contributed by atoms with van der Waals surface area (Å²) in [6.07, 6.45) is 0. The third kappa shape index (κ3) is 4.22. The fraction of sp³-hybridized carbons (Fsp3) is 0. The molecule has 8 aromatic carbocycles. The van der Waals surface area contributed by atoms with Crippen molar-refractivity contribution in [1.82, 2.24) is 18.3 Å². The molecule has 0 fully saturated rings. The van der Waals surface area contributed by atoms with Gasteiger partial charge in [0.05, 0.1) is 55.7 Å². The van der Waals surface area contributed by atoms with Crippen molar-refractivity contribution < 1.29 is 0 Å². The van der Waals surface area contributed by atoms with Crippen molar-refractivity contribution in [3.63, 3.8) is 0 Å². The zero-order valence-electron chi connectivity index (χ0n) is 30.2. The molecular weight excluding hydrogens is 685 g/mol. The third-order valence-electron chi connectivity index (χ3n) is 11.5. The van der Waals surface area contributed by atoms with Crippen molar-refractivity contribution in [3.8, 4) is 22.7 Å². The molecule has 56 heavy (non-hydrogen) atoms. The Labute approximate surface area is 320 Å². The third-order valence-corrected chi connectivity index (χ3v) is 11.5. The number of benzene rings is 8. The average Bonchev–Trinajstić information content (AvgIpc) is 3.90. The summed E-state index contributed by atoms with van der Waals surface area (Å²) in [5.41, 5.74) is 11.4. The van der Waals surface area contributed by atoms with E-state index in [1.807, 2.05) is 53.1 Å². The Balaban J connectivity index is 1.29. The van der Waals surface area contributed by atoms with Gasteiger partial charge in [-0.3, -0.25) is 9.36 Å². The highest BCUT2D eigenvalue weighted by molar-refractivity contribution is 6.17. The Morgan fingerprint density at radius 2 is 0.571 bits per heavy atom. The van der Waals surface area contributed by atoms with Gasteiger partial charge >= 0.3 is 0 Å². The van der Waals surface area contributed by atoms with Gasteiger partial charge in [-0.2, -0.15) is 0 Å². The molecule has 0 N–H and O–H groups in total. The van der Waals surface area contributed by atoms with Gasteiger partial charge < -0.3 is 13.7 Å². The van der Waals surface area contributed by atoms with Gasteiger partial charge in [-0.25, -0.2) is 0 Å². The summed E-state index contributed by atoms with van der Waals surface area (Å²) in [7, 11) is 0. The molecular formula is C51H32N4O. The summed E-state index contributed by atoms with van der Waals surface area (Å²) < 4.78 is 9.08. The van der Waals surface area contributed by atoms with Crippen LogP contribution in [-0.4, -0.2) is 18.3 Å². The van der Waals surface area contributed by atoms with Gasteiger partial charge in [-0.05, 0) is 66.7 Å². The fourth-order valence-electron chi connectivity index (χ4n) is 9.26. The molecule has 0 amide bonds. The lowest BCUT2D eigenvalue weighted by molar-refractivity contribution is 1.06. The highest BCUT2D eigenvalue weighted by Gasteiger charge is 2.23. The molecule has 0 aliphatic rings. The number of hydrogen-bond donors (Lipinski definition) is 0. The van der Waals surface area contributed by atoms with Crippen LogP contribution in [0.3, 0.4) is 0 Å². The highest BCUT2D eigenvalue weighted by Crippen LogP contribution is 2.40. The predicted molar refractivity (Wildman–Crippen MR) is 233 cm³/mol. The molecule has 5 heteroatoms. The summed E-state index contributed by atoms with van der Waals surface area (Å²) in [5.74, 6) is 0. The Morgan fingerprint density at radius 3 is 1.04 bits per heavy atom. The first-order chi connectivity index (χ1) is 27.7. The maximum atomic E-state index is 14.6. The summed E-state index contributed by atoms with van der Waals surface area (Å²) in [5, 5.41) is 7.44. The average molecular weight is 717 g/mol. The van der Waals surface area contributed by atoms with Crippen molar-refractivity contribution in [1.29, 1.82) is 0 Å². The van der Waals surface area contributed by atoms with Gasteiger partial charge in [0, 0.05) is 43.4 Å². The fourth-order valence-corrected chi connectivity index (χ4v) is 9.26. The van der Waals surface area contributed by atoms with E-state index in [0.29, 0.717) is 5.39 Å². The summed E-state index contributed by atoms with van der Waals surface area (Å²) >= 11 is 0. The van der Waals surface area contributed by atoms with Gasteiger partial charge in [-0.1, -0.05) is 127 Å². The number of aromatic nitrogens is 4. The first-order valence-electron chi connectivity index (χ1n) is 19.0. The molecule has 12 rings (SSSR count). The topological polar surface area (TPSA) is 36.8 Å². The van der Waals surface area contributed by atoms with Gasteiger partial charge in [-0.15, -0.1) is 0 Å². The first-order valence-corrected chi connectivity index (χ1v) is 19.0. The van der Waals surface area contributed by atoms with Gasteiger partial charge in [0.15, 0.2) is 0 Å². The highest BCUT2D eigenvalue weighted by atomic mass is 16.1. The Bertz CT molecular complexity index is 3380. The minimum atomic E-state index is -0.0350. The van der Waals surface area contributed by atoms with Crippen LogP contribution in [0.15, 0.2) is 199 Å². The zero-order chi connectivity index (χ0) is 36.9. The number of para-hydroxylation sites is 6. The van der Waals surface area contributed by atoms with Crippen molar-refractivity contribution >= 4 is 76.3 Å². The Kier molecular flexibility index (Phi) is 6.42. The number of rotatable bonds is 4. The van der Waals surface area contributed by atoms with Crippen molar-refractivity contribution in [2.24, 2.45) is 0 Å². The molecule has 0 aliphatic carbocycles. The minimum absolute atomic E-state index is 0.0350. The molecule has 12 aromatic rings. The predicted octanol–water partition coefficient (Wildman–Crippen LogP) is 12.3. The molecule has 0 aliphatic heterocycles.